The summed E-state index contributed by atoms with van der Waals surface area (Å²) in [5.41, 5.74) is 8.91. The van der Waals surface area contributed by atoms with Crippen molar-refractivity contribution < 1.29 is 9.90 Å². The number of aryl methyl sites for hydroxylation is 1. The predicted molar refractivity (Wildman–Crippen MR) is 114 cm³/mol. The topological polar surface area (TPSA) is 81.1 Å². The molecule has 0 aliphatic heterocycles. The summed E-state index contributed by atoms with van der Waals surface area (Å²) >= 11 is 1.33. The number of hydrogen-bond donors (Lipinski definition) is 2. The number of aromatic hydroxyl groups is 1. The summed E-state index contributed by atoms with van der Waals surface area (Å²) in [6.45, 7) is 3.55. The number of phenolic OH excluding ortho intramolecular Hbond substituents is 1. The van der Waals surface area contributed by atoms with Crippen molar-refractivity contribution in [3.05, 3.63) is 66.4 Å². The Balaban J connectivity index is 1.51. The number of carbonyl (C=O) groups is 1. The maximum atomic E-state index is 11.9. The molecular formula is C22H17N3O2S. The molecule has 6 heteroatoms. The number of allylic oxidation sites excluding steroid dienone is 1. The number of fused-ring (bicyclic) bond motifs is 2. The number of thiazole rings is 1. The molecule has 28 heavy (non-hydrogen) atoms. The lowest BCUT2D eigenvalue weighted by Gasteiger charge is -2.03. The largest absolute Gasteiger partial charge is 0.506 e. The average Bonchev–Trinajstić information content (AvgIpc) is 3.27. The van der Waals surface area contributed by atoms with Crippen molar-refractivity contribution in [1.29, 1.82) is 0 Å². The van der Waals surface area contributed by atoms with Gasteiger partial charge in [-0.25, -0.2) is 4.98 Å². The first-order chi connectivity index (χ1) is 13.5. The lowest BCUT2D eigenvalue weighted by molar-refractivity contribution is 0.0974. The quantitative estimate of drug-likeness (QED) is 0.404. The van der Waals surface area contributed by atoms with Gasteiger partial charge in [-0.3, -0.25) is 9.36 Å². The number of anilines is 1. The summed E-state index contributed by atoms with van der Waals surface area (Å²) in [6, 6.07) is 11.5. The molecule has 4 aromatic rings. The molecule has 0 aliphatic carbocycles. The van der Waals surface area contributed by atoms with Gasteiger partial charge in [-0.1, -0.05) is 41.9 Å². The summed E-state index contributed by atoms with van der Waals surface area (Å²) in [5, 5.41) is 11.5. The Morgan fingerprint density at radius 1 is 1.32 bits per heavy atom. The van der Waals surface area contributed by atoms with E-state index in [0.29, 0.717) is 17.1 Å². The second-order valence-electron chi connectivity index (χ2n) is 6.32. The van der Waals surface area contributed by atoms with E-state index in [0.717, 1.165) is 33.2 Å². The van der Waals surface area contributed by atoms with E-state index in [9.17, 15) is 9.90 Å². The lowest BCUT2D eigenvalue weighted by Crippen LogP contribution is -2.04. The second kappa shape index (κ2) is 7.22. The predicted octanol–water partition coefficient (Wildman–Crippen LogP) is 4.35. The van der Waals surface area contributed by atoms with Crippen molar-refractivity contribution in [2.45, 2.75) is 12.8 Å². The minimum atomic E-state index is -0.147. The number of benzene rings is 2. The summed E-state index contributed by atoms with van der Waals surface area (Å²) in [4.78, 5) is 16.0. The van der Waals surface area contributed by atoms with Crippen molar-refractivity contribution in [3.8, 4) is 17.6 Å². The molecule has 0 aliphatic rings. The van der Waals surface area contributed by atoms with Crippen LogP contribution in [-0.2, 0) is 6.42 Å². The number of nitrogens with zero attached hydrogens (tertiary/aromatic N) is 2. The van der Waals surface area contributed by atoms with Gasteiger partial charge in [0.2, 0.25) is 0 Å². The van der Waals surface area contributed by atoms with Crippen LogP contribution in [-0.4, -0.2) is 20.6 Å². The van der Waals surface area contributed by atoms with Crippen molar-refractivity contribution >= 4 is 43.5 Å². The third kappa shape index (κ3) is 3.36. The van der Waals surface area contributed by atoms with E-state index >= 15 is 0 Å². The molecule has 0 saturated carbocycles. The van der Waals surface area contributed by atoms with E-state index in [-0.39, 0.29) is 11.7 Å². The normalized spacial score (nSPS) is 10.7. The van der Waals surface area contributed by atoms with Gasteiger partial charge in [0.1, 0.15) is 11.3 Å². The first-order valence-electron chi connectivity index (χ1n) is 8.70. The van der Waals surface area contributed by atoms with Gasteiger partial charge in [0.25, 0.3) is 5.91 Å². The zero-order chi connectivity index (χ0) is 19.7. The van der Waals surface area contributed by atoms with Gasteiger partial charge in [-0.15, -0.1) is 0 Å². The van der Waals surface area contributed by atoms with Crippen LogP contribution in [0.3, 0.4) is 0 Å². The molecule has 5 nitrogen and oxygen atoms in total. The van der Waals surface area contributed by atoms with Crippen LogP contribution < -0.4 is 5.73 Å². The highest BCUT2D eigenvalue weighted by atomic mass is 32.1. The number of nitrogen functional groups attached to an aromatic ring is 1. The molecule has 0 amide bonds. The first kappa shape index (κ1) is 17.8. The fourth-order valence-electron chi connectivity index (χ4n) is 3.09. The van der Waals surface area contributed by atoms with Gasteiger partial charge >= 0.3 is 0 Å². The van der Waals surface area contributed by atoms with Gasteiger partial charge < -0.3 is 10.8 Å². The molecule has 0 spiro atoms. The minimum Gasteiger partial charge on any atom is -0.506 e. The highest BCUT2D eigenvalue weighted by Crippen LogP contribution is 2.31. The Morgan fingerprint density at radius 3 is 3.00 bits per heavy atom. The summed E-state index contributed by atoms with van der Waals surface area (Å²) in [7, 11) is 0. The number of hydrogen-bond acceptors (Lipinski definition) is 5. The minimum absolute atomic E-state index is 0.0906. The number of nitrogens with two attached hydrogens (primary N) is 1. The zero-order valence-electron chi connectivity index (χ0n) is 15.0. The van der Waals surface area contributed by atoms with Crippen LogP contribution in [0, 0.1) is 11.8 Å². The molecule has 0 radical (unpaired) electrons. The zero-order valence-corrected chi connectivity index (χ0v) is 15.8. The molecule has 0 atom stereocenters. The Labute approximate surface area is 165 Å². The van der Waals surface area contributed by atoms with E-state index in [1.165, 1.54) is 17.4 Å². The standard InChI is InChI=1S/C22H17N3O2S/c1-2-20(27)25-10-9-16-8-7-14(11-17(16)25)5-3-4-6-15-12-18(26)21-19(13-15)28-22(23)24-21/h2,7-13,26H,1,3,5H2,(H2,23,24). The first-order valence-corrected chi connectivity index (χ1v) is 9.51. The number of rotatable bonds is 3. The molecule has 0 unspecified atom stereocenters. The van der Waals surface area contributed by atoms with Crippen molar-refractivity contribution in [2.24, 2.45) is 0 Å². The van der Waals surface area contributed by atoms with Gasteiger partial charge in [0.05, 0.1) is 10.2 Å². The number of carbonyl (C=O) groups excluding carboxylic acids is 1. The summed E-state index contributed by atoms with van der Waals surface area (Å²) < 4.78 is 2.41. The van der Waals surface area contributed by atoms with E-state index in [1.54, 1.807) is 16.8 Å². The molecule has 3 N–H and O–H groups in total. The van der Waals surface area contributed by atoms with Gasteiger partial charge in [0, 0.05) is 23.6 Å². The molecule has 2 aromatic heterocycles. The van der Waals surface area contributed by atoms with E-state index < -0.39 is 0 Å². The smallest absolute Gasteiger partial charge is 0.254 e. The third-order valence-electron chi connectivity index (χ3n) is 4.43. The highest BCUT2D eigenvalue weighted by molar-refractivity contribution is 7.22. The fraction of sp³-hybridized carbons (Fsp3) is 0.0909. The average molecular weight is 387 g/mol. The van der Waals surface area contributed by atoms with Gasteiger partial charge in [-0.2, -0.15) is 0 Å². The molecular weight excluding hydrogens is 370 g/mol. The Hall–Kier alpha value is -3.56. The van der Waals surface area contributed by atoms with Crippen LogP contribution in [0.5, 0.6) is 5.75 Å². The molecule has 2 aromatic carbocycles. The van der Waals surface area contributed by atoms with Crippen LogP contribution >= 0.6 is 11.3 Å². The van der Waals surface area contributed by atoms with Crippen LogP contribution in [0.2, 0.25) is 0 Å². The number of aromatic nitrogens is 2. The molecule has 4 rings (SSSR count). The molecule has 2 heterocycles. The second-order valence-corrected chi connectivity index (χ2v) is 7.38. The van der Waals surface area contributed by atoms with Crippen LogP contribution in [0.25, 0.3) is 21.1 Å². The summed E-state index contributed by atoms with van der Waals surface area (Å²) in [5.74, 6) is 6.17. The van der Waals surface area contributed by atoms with Crippen LogP contribution in [0.15, 0.2) is 55.3 Å². The van der Waals surface area contributed by atoms with Crippen LogP contribution in [0.1, 0.15) is 22.3 Å². The van der Waals surface area contributed by atoms with Crippen molar-refractivity contribution in [3.63, 3.8) is 0 Å². The van der Waals surface area contributed by atoms with E-state index in [1.807, 2.05) is 30.3 Å². The third-order valence-corrected chi connectivity index (χ3v) is 5.26. The SMILES string of the molecule is C=CC(=O)n1ccc2ccc(CCC#Cc3cc(O)c4nc(N)sc4c3)cc21. The van der Waals surface area contributed by atoms with Gasteiger partial charge in [-0.05, 0) is 42.3 Å². The molecule has 0 bridgehead atoms. The fourth-order valence-corrected chi connectivity index (χ4v) is 3.89. The Kier molecular flexibility index (Phi) is 4.60. The molecule has 138 valence electrons. The summed E-state index contributed by atoms with van der Waals surface area (Å²) in [6.07, 6.45) is 4.48. The monoisotopic (exact) mass is 387 g/mol. The number of phenols is 1. The molecule has 0 fully saturated rings. The van der Waals surface area contributed by atoms with Crippen LogP contribution in [0.4, 0.5) is 5.13 Å². The maximum Gasteiger partial charge on any atom is 0.254 e. The van der Waals surface area contributed by atoms with E-state index in [2.05, 4.69) is 23.4 Å². The van der Waals surface area contributed by atoms with Gasteiger partial charge in [0.15, 0.2) is 5.13 Å². The van der Waals surface area contributed by atoms with Crippen molar-refractivity contribution in [1.82, 2.24) is 9.55 Å². The molecule has 0 saturated heterocycles. The maximum absolute atomic E-state index is 11.9. The Morgan fingerprint density at radius 2 is 2.18 bits per heavy atom. The van der Waals surface area contributed by atoms with Crippen molar-refractivity contribution in [2.75, 3.05) is 5.73 Å². The lowest BCUT2D eigenvalue weighted by atomic mass is 10.1. The Bertz CT molecular complexity index is 1290. The van der Waals surface area contributed by atoms with E-state index in [4.69, 9.17) is 5.73 Å². The highest BCUT2D eigenvalue weighted by Gasteiger charge is 2.08.